The molecule has 0 saturated carbocycles. The van der Waals surface area contributed by atoms with E-state index in [2.05, 4.69) is 20.6 Å². The molecular formula is C16H11ClN8O2. The quantitative estimate of drug-likeness (QED) is 0.378. The average Bonchev–Trinajstić information content (AvgIpc) is 2.61. The lowest BCUT2D eigenvalue weighted by molar-refractivity contribution is 0.0695. The molecule has 1 atom stereocenters. The highest BCUT2D eigenvalue weighted by molar-refractivity contribution is 6.32. The molecule has 2 aromatic rings. The predicted octanol–water partition coefficient (Wildman–Crippen LogP) is 1.41. The SMILES string of the molecule is N#CNC1=NC(c2c(Cl)cccc2C(=O)O)c2c(nc(N)c(C#N)c2N)N1. The van der Waals surface area contributed by atoms with Crippen LogP contribution in [0.5, 0.6) is 0 Å². The van der Waals surface area contributed by atoms with Gasteiger partial charge in [-0.05, 0) is 12.1 Å². The van der Waals surface area contributed by atoms with Crippen molar-refractivity contribution in [2.24, 2.45) is 4.99 Å². The third-order valence-corrected chi connectivity index (χ3v) is 4.24. The number of nitrogen functional groups attached to an aromatic ring is 2. The standard InChI is InChI=1S/C16H11ClN8O2/c17-8-3-1-2-6(15(26)27)9(8)12-10-11(20)7(4-18)13(21)24-14(10)25-16(23-12)22-5-19/h1-3,12H,(H,26,27)(H6,20,21,22,23,24,25). The van der Waals surface area contributed by atoms with Gasteiger partial charge in [0.2, 0.25) is 5.96 Å². The van der Waals surface area contributed by atoms with Crippen LogP contribution < -0.4 is 22.1 Å². The number of aromatic carboxylic acids is 1. The highest BCUT2D eigenvalue weighted by Crippen LogP contribution is 2.43. The van der Waals surface area contributed by atoms with E-state index in [-0.39, 0.29) is 50.6 Å². The summed E-state index contributed by atoms with van der Waals surface area (Å²) in [5.74, 6) is -1.20. The number of nitriles is 2. The Kier molecular flexibility index (Phi) is 4.42. The van der Waals surface area contributed by atoms with Crippen molar-refractivity contribution in [3.05, 3.63) is 45.5 Å². The molecule has 0 bridgehead atoms. The van der Waals surface area contributed by atoms with Crippen molar-refractivity contribution in [1.82, 2.24) is 10.3 Å². The first-order valence-corrected chi connectivity index (χ1v) is 7.77. The maximum Gasteiger partial charge on any atom is 0.336 e. The second kappa shape index (κ2) is 6.71. The van der Waals surface area contributed by atoms with Crippen molar-refractivity contribution >= 4 is 40.9 Å². The number of hydrogen-bond acceptors (Lipinski definition) is 9. The number of hydrogen-bond donors (Lipinski definition) is 5. The monoisotopic (exact) mass is 382 g/mol. The third-order valence-electron chi connectivity index (χ3n) is 3.91. The summed E-state index contributed by atoms with van der Waals surface area (Å²) in [5.41, 5.74) is 12.1. The molecule has 1 aromatic heterocycles. The van der Waals surface area contributed by atoms with Crippen molar-refractivity contribution in [1.29, 1.82) is 10.5 Å². The van der Waals surface area contributed by atoms with Crippen LogP contribution in [0.3, 0.4) is 0 Å². The molecule has 1 aliphatic heterocycles. The van der Waals surface area contributed by atoms with E-state index < -0.39 is 12.0 Å². The Bertz CT molecular complexity index is 1080. The molecule has 1 unspecified atom stereocenters. The van der Waals surface area contributed by atoms with E-state index in [1.165, 1.54) is 18.2 Å². The number of halogens is 1. The molecule has 7 N–H and O–H groups in total. The van der Waals surface area contributed by atoms with Gasteiger partial charge in [-0.25, -0.2) is 14.8 Å². The number of aliphatic imine (C=N–C) groups is 1. The molecular weight excluding hydrogens is 372 g/mol. The zero-order valence-electron chi connectivity index (χ0n) is 13.5. The number of carboxylic acids is 1. The lowest BCUT2D eigenvalue weighted by Crippen LogP contribution is -2.33. The van der Waals surface area contributed by atoms with Crippen LogP contribution in [0.25, 0.3) is 0 Å². The smallest absolute Gasteiger partial charge is 0.336 e. The summed E-state index contributed by atoms with van der Waals surface area (Å²) in [6.45, 7) is 0. The number of carbonyl (C=O) groups is 1. The summed E-state index contributed by atoms with van der Waals surface area (Å²) in [5, 5.41) is 32.9. The molecule has 0 radical (unpaired) electrons. The van der Waals surface area contributed by atoms with Gasteiger partial charge < -0.3 is 21.9 Å². The summed E-state index contributed by atoms with van der Waals surface area (Å²) in [6.07, 6.45) is 1.71. The predicted molar refractivity (Wildman–Crippen MR) is 97.8 cm³/mol. The molecule has 10 nitrogen and oxygen atoms in total. The van der Waals surface area contributed by atoms with Gasteiger partial charge in [0.1, 0.15) is 29.3 Å². The van der Waals surface area contributed by atoms with Gasteiger partial charge >= 0.3 is 5.97 Å². The fraction of sp³-hybridized carbons (Fsp3) is 0.0625. The lowest BCUT2D eigenvalue weighted by Gasteiger charge is -2.27. The molecule has 1 aromatic carbocycles. The summed E-state index contributed by atoms with van der Waals surface area (Å²) in [7, 11) is 0. The Morgan fingerprint density at radius 3 is 2.70 bits per heavy atom. The van der Waals surface area contributed by atoms with E-state index in [9.17, 15) is 15.2 Å². The number of aromatic nitrogens is 1. The minimum Gasteiger partial charge on any atom is -0.478 e. The zero-order chi connectivity index (χ0) is 19.7. The van der Waals surface area contributed by atoms with E-state index in [4.69, 9.17) is 28.3 Å². The van der Waals surface area contributed by atoms with E-state index in [1.807, 2.05) is 6.07 Å². The number of nitrogens with zero attached hydrogens (tertiary/aromatic N) is 4. The van der Waals surface area contributed by atoms with Crippen molar-refractivity contribution in [3.63, 3.8) is 0 Å². The van der Waals surface area contributed by atoms with Crippen LogP contribution in [0, 0.1) is 22.8 Å². The molecule has 3 rings (SSSR count). The minimum absolute atomic E-state index is 0.00210. The zero-order valence-corrected chi connectivity index (χ0v) is 14.2. The van der Waals surface area contributed by atoms with E-state index in [0.29, 0.717) is 0 Å². The van der Waals surface area contributed by atoms with Crippen LogP contribution in [0.4, 0.5) is 17.3 Å². The van der Waals surface area contributed by atoms with Gasteiger partial charge in [-0.15, -0.1) is 0 Å². The van der Waals surface area contributed by atoms with Gasteiger partial charge in [0.15, 0.2) is 6.19 Å². The Labute approximate surface area is 157 Å². The van der Waals surface area contributed by atoms with E-state index >= 15 is 0 Å². The molecule has 0 amide bonds. The maximum atomic E-state index is 11.7. The summed E-state index contributed by atoms with van der Waals surface area (Å²) >= 11 is 6.27. The highest BCUT2D eigenvalue weighted by atomic mass is 35.5. The fourth-order valence-corrected chi connectivity index (χ4v) is 3.07. The number of benzene rings is 1. The molecule has 0 fully saturated rings. The summed E-state index contributed by atoms with van der Waals surface area (Å²) < 4.78 is 0. The number of fused-ring (bicyclic) bond motifs is 1. The highest BCUT2D eigenvalue weighted by Gasteiger charge is 2.33. The van der Waals surface area contributed by atoms with Crippen LogP contribution in [0.1, 0.15) is 33.1 Å². The normalized spacial score (nSPS) is 14.8. The van der Waals surface area contributed by atoms with Gasteiger partial charge in [-0.1, -0.05) is 17.7 Å². The van der Waals surface area contributed by atoms with Gasteiger partial charge in [0.05, 0.1) is 11.3 Å². The maximum absolute atomic E-state index is 11.7. The van der Waals surface area contributed by atoms with Gasteiger partial charge in [-0.3, -0.25) is 5.32 Å². The lowest BCUT2D eigenvalue weighted by atomic mass is 9.92. The fourth-order valence-electron chi connectivity index (χ4n) is 2.79. The Hall–Kier alpha value is -4.02. The molecule has 1 aliphatic rings. The number of nitrogens with one attached hydrogen (secondary N) is 2. The van der Waals surface area contributed by atoms with Gasteiger partial charge in [0, 0.05) is 16.1 Å². The second-order valence-corrected chi connectivity index (χ2v) is 5.82. The van der Waals surface area contributed by atoms with Crippen LogP contribution >= 0.6 is 11.6 Å². The first-order valence-electron chi connectivity index (χ1n) is 7.39. The van der Waals surface area contributed by atoms with Crippen LogP contribution in [-0.4, -0.2) is 22.0 Å². The molecule has 0 saturated heterocycles. The molecule has 27 heavy (non-hydrogen) atoms. The average molecular weight is 383 g/mol. The number of guanidine groups is 1. The van der Waals surface area contributed by atoms with Crippen LogP contribution in [0.15, 0.2) is 23.2 Å². The Morgan fingerprint density at radius 1 is 1.33 bits per heavy atom. The second-order valence-electron chi connectivity index (χ2n) is 5.41. The largest absolute Gasteiger partial charge is 0.478 e. The topological polar surface area (TPSA) is 186 Å². The summed E-state index contributed by atoms with van der Waals surface area (Å²) in [4.78, 5) is 20.1. The van der Waals surface area contributed by atoms with E-state index in [0.717, 1.165) is 0 Å². The number of rotatable bonds is 2. The van der Waals surface area contributed by atoms with Crippen molar-refractivity contribution in [3.8, 4) is 12.3 Å². The molecule has 0 spiro atoms. The Balaban J connectivity index is 2.36. The molecule has 0 aliphatic carbocycles. The number of nitrogens with two attached hydrogens (primary N) is 2. The molecule has 134 valence electrons. The number of anilines is 3. The number of carboxylic acid groups (broad SMARTS) is 1. The Morgan fingerprint density at radius 2 is 2.07 bits per heavy atom. The first kappa shape index (κ1) is 17.8. The third kappa shape index (κ3) is 2.90. The number of pyridine rings is 1. The summed E-state index contributed by atoms with van der Waals surface area (Å²) in [6, 6.07) is 5.19. The molecule has 2 heterocycles. The first-order chi connectivity index (χ1) is 12.9. The minimum atomic E-state index is -1.22. The van der Waals surface area contributed by atoms with Gasteiger partial charge in [-0.2, -0.15) is 10.5 Å². The van der Waals surface area contributed by atoms with Crippen molar-refractivity contribution in [2.75, 3.05) is 16.8 Å². The van der Waals surface area contributed by atoms with Crippen molar-refractivity contribution in [2.45, 2.75) is 6.04 Å². The van der Waals surface area contributed by atoms with E-state index in [1.54, 1.807) is 6.19 Å². The van der Waals surface area contributed by atoms with Crippen molar-refractivity contribution < 1.29 is 9.90 Å². The van der Waals surface area contributed by atoms with Crippen LogP contribution in [0.2, 0.25) is 5.02 Å². The van der Waals surface area contributed by atoms with Gasteiger partial charge in [0.25, 0.3) is 0 Å². The molecule has 11 heteroatoms. The van der Waals surface area contributed by atoms with Crippen LogP contribution in [-0.2, 0) is 0 Å².